The van der Waals surface area contributed by atoms with Crippen LogP contribution >= 0.6 is 0 Å². The number of anilines is 1. The molecule has 0 spiro atoms. The quantitative estimate of drug-likeness (QED) is 0.656. The van der Waals surface area contributed by atoms with E-state index in [1.54, 1.807) is 11.1 Å². The van der Waals surface area contributed by atoms with Crippen LogP contribution in [0.15, 0.2) is 66.5 Å². The number of allylic oxidation sites excluding steroid dienone is 1. The van der Waals surface area contributed by atoms with Gasteiger partial charge < -0.3 is 5.32 Å². The minimum absolute atomic E-state index is 0.296. The third-order valence-electron chi connectivity index (χ3n) is 5.18. The molecule has 0 bridgehead atoms. The molecule has 2 aliphatic rings. The lowest BCUT2D eigenvalue weighted by Gasteiger charge is -2.30. The second kappa shape index (κ2) is 4.95. The van der Waals surface area contributed by atoms with Gasteiger partial charge in [0.1, 0.15) is 0 Å². The first-order valence-electron chi connectivity index (χ1n) is 8.32. The van der Waals surface area contributed by atoms with Crippen LogP contribution in [0.2, 0.25) is 0 Å². The first kappa shape index (κ1) is 12.9. The van der Waals surface area contributed by atoms with Crippen LogP contribution in [-0.4, -0.2) is 4.98 Å². The zero-order chi connectivity index (χ0) is 15.2. The number of pyridine rings is 1. The lowest BCUT2D eigenvalue weighted by atomic mass is 9.86. The molecule has 0 saturated carbocycles. The summed E-state index contributed by atoms with van der Waals surface area (Å²) < 4.78 is 0. The van der Waals surface area contributed by atoms with Crippen LogP contribution in [0.3, 0.4) is 0 Å². The molecule has 1 aliphatic carbocycles. The van der Waals surface area contributed by atoms with Crippen molar-refractivity contribution >= 4 is 22.0 Å². The van der Waals surface area contributed by atoms with Gasteiger partial charge in [0, 0.05) is 23.6 Å². The molecule has 2 aromatic carbocycles. The summed E-state index contributed by atoms with van der Waals surface area (Å²) in [7, 11) is 0. The van der Waals surface area contributed by atoms with Gasteiger partial charge in [-0.15, -0.1) is 0 Å². The van der Waals surface area contributed by atoms with Gasteiger partial charge in [-0.25, -0.2) is 0 Å². The Morgan fingerprint density at radius 3 is 2.70 bits per heavy atom. The van der Waals surface area contributed by atoms with Crippen LogP contribution in [0.4, 0.5) is 5.69 Å². The average molecular weight is 298 g/mol. The number of fused-ring (bicyclic) bond motifs is 4. The Hall–Kier alpha value is -2.61. The Kier molecular flexibility index (Phi) is 2.77. The summed E-state index contributed by atoms with van der Waals surface area (Å²) in [5.74, 6) is 0. The molecule has 2 heterocycles. The number of aromatic nitrogens is 1. The molecule has 1 N–H and O–H groups in total. The number of nitrogens with one attached hydrogen (secondary N) is 1. The molecule has 1 aliphatic heterocycles. The second-order valence-electron chi connectivity index (χ2n) is 6.42. The molecule has 0 amide bonds. The van der Waals surface area contributed by atoms with Crippen molar-refractivity contribution in [3.63, 3.8) is 0 Å². The summed E-state index contributed by atoms with van der Waals surface area (Å²) in [6.45, 7) is 0. The van der Waals surface area contributed by atoms with E-state index in [-0.39, 0.29) is 0 Å². The van der Waals surface area contributed by atoms with E-state index in [2.05, 4.69) is 58.8 Å². The van der Waals surface area contributed by atoms with Crippen molar-refractivity contribution in [2.75, 3.05) is 5.32 Å². The van der Waals surface area contributed by atoms with Gasteiger partial charge in [-0.1, -0.05) is 30.3 Å². The van der Waals surface area contributed by atoms with Gasteiger partial charge in [0.25, 0.3) is 0 Å². The van der Waals surface area contributed by atoms with Gasteiger partial charge >= 0.3 is 0 Å². The standard InChI is InChI=1S/C21H18N2/c1-2-5-16-14(4-1)8-9-19-20(16)17-6-3-7-18(17)21(23-19)15-10-12-22-13-11-15/h1-2,4-5,8-13,21,23H,3,6-7H2/t21-/m1/s1. The fourth-order valence-electron chi connectivity index (χ4n) is 4.17. The van der Waals surface area contributed by atoms with Crippen LogP contribution in [0.1, 0.15) is 36.4 Å². The second-order valence-corrected chi connectivity index (χ2v) is 6.42. The van der Waals surface area contributed by atoms with Crippen LogP contribution in [0, 0.1) is 0 Å². The van der Waals surface area contributed by atoms with Crippen LogP contribution < -0.4 is 5.32 Å². The zero-order valence-corrected chi connectivity index (χ0v) is 12.9. The lowest BCUT2D eigenvalue weighted by molar-refractivity contribution is 0.820. The van der Waals surface area contributed by atoms with Crippen molar-refractivity contribution in [2.45, 2.75) is 25.3 Å². The summed E-state index contributed by atoms with van der Waals surface area (Å²) in [6.07, 6.45) is 7.43. The highest BCUT2D eigenvalue weighted by molar-refractivity contribution is 6.01. The highest BCUT2D eigenvalue weighted by Gasteiger charge is 2.31. The Morgan fingerprint density at radius 2 is 1.78 bits per heavy atom. The molecule has 0 fully saturated rings. The number of rotatable bonds is 1. The predicted octanol–water partition coefficient (Wildman–Crippen LogP) is 5.34. The molecule has 0 radical (unpaired) electrons. The molecule has 1 aromatic heterocycles. The summed E-state index contributed by atoms with van der Waals surface area (Å²) in [6, 6.07) is 17.8. The van der Waals surface area contributed by atoms with E-state index in [1.807, 2.05) is 12.4 Å². The van der Waals surface area contributed by atoms with Gasteiger partial charge in [0.15, 0.2) is 0 Å². The fourth-order valence-corrected chi connectivity index (χ4v) is 4.17. The molecular weight excluding hydrogens is 280 g/mol. The largest absolute Gasteiger partial charge is 0.374 e. The highest BCUT2D eigenvalue weighted by Crippen LogP contribution is 2.49. The number of nitrogens with zero attached hydrogens (tertiary/aromatic N) is 1. The van der Waals surface area contributed by atoms with Crippen LogP contribution in [0.5, 0.6) is 0 Å². The Labute approximate surface area is 135 Å². The number of benzene rings is 2. The van der Waals surface area contributed by atoms with Gasteiger partial charge in [-0.3, -0.25) is 4.98 Å². The van der Waals surface area contributed by atoms with E-state index in [0.29, 0.717) is 6.04 Å². The maximum Gasteiger partial charge on any atom is 0.0734 e. The van der Waals surface area contributed by atoms with Crippen molar-refractivity contribution < 1.29 is 0 Å². The van der Waals surface area contributed by atoms with Crippen molar-refractivity contribution in [3.8, 4) is 0 Å². The molecule has 5 rings (SSSR count). The molecule has 2 heteroatoms. The van der Waals surface area contributed by atoms with Gasteiger partial charge in [0.2, 0.25) is 0 Å². The lowest BCUT2D eigenvalue weighted by Crippen LogP contribution is -2.18. The minimum atomic E-state index is 0.296. The predicted molar refractivity (Wildman–Crippen MR) is 95.3 cm³/mol. The van der Waals surface area contributed by atoms with Crippen molar-refractivity contribution in [3.05, 3.63) is 77.6 Å². The van der Waals surface area contributed by atoms with Gasteiger partial charge in [-0.2, -0.15) is 0 Å². The Balaban J connectivity index is 1.76. The molecule has 2 nitrogen and oxygen atoms in total. The zero-order valence-electron chi connectivity index (χ0n) is 12.9. The van der Waals surface area contributed by atoms with E-state index in [4.69, 9.17) is 0 Å². The average Bonchev–Trinajstić information content (AvgIpc) is 3.11. The molecule has 112 valence electrons. The molecule has 23 heavy (non-hydrogen) atoms. The highest BCUT2D eigenvalue weighted by atomic mass is 14.9. The maximum atomic E-state index is 4.17. The van der Waals surface area contributed by atoms with Gasteiger partial charge in [0.05, 0.1) is 6.04 Å². The third kappa shape index (κ3) is 1.91. The molecule has 3 aromatic rings. The third-order valence-corrected chi connectivity index (χ3v) is 5.18. The summed E-state index contributed by atoms with van der Waals surface area (Å²) in [5.41, 5.74) is 7.15. The monoisotopic (exact) mass is 298 g/mol. The summed E-state index contributed by atoms with van der Waals surface area (Å²) >= 11 is 0. The van der Waals surface area contributed by atoms with E-state index < -0.39 is 0 Å². The minimum Gasteiger partial charge on any atom is -0.374 e. The molecular formula is C21H18N2. The number of hydrogen-bond acceptors (Lipinski definition) is 2. The van der Waals surface area contributed by atoms with Gasteiger partial charge in [-0.05, 0) is 64.9 Å². The molecule has 0 unspecified atom stereocenters. The molecule has 1 atom stereocenters. The van der Waals surface area contributed by atoms with Crippen LogP contribution in [0.25, 0.3) is 16.3 Å². The number of hydrogen-bond donors (Lipinski definition) is 1. The summed E-state index contributed by atoms with van der Waals surface area (Å²) in [4.78, 5) is 4.17. The van der Waals surface area contributed by atoms with E-state index >= 15 is 0 Å². The fraction of sp³-hybridized carbons (Fsp3) is 0.190. The van der Waals surface area contributed by atoms with Crippen LogP contribution in [-0.2, 0) is 0 Å². The maximum absolute atomic E-state index is 4.17. The van der Waals surface area contributed by atoms with Crippen molar-refractivity contribution in [1.29, 1.82) is 0 Å². The van der Waals surface area contributed by atoms with Crippen molar-refractivity contribution in [2.24, 2.45) is 0 Å². The first-order chi connectivity index (χ1) is 11.4. The SMILES string of the molecule is c1ccc2c3c(ccc2c1)N[C@H](c1ccncc1)C1=C3CCC1. The smallest absolute Gasteiger partial charge is 0.0734 e. The normalized spacial score (nSPS) is 19.4. The van der Waals surface area contributed by atoms with E-state index in [0.717, 1.165) is 0 Å². The Bertz CT molecular complexity index is 925. The van der Waals surface area contributed by atoms with E-state index in [1.165, 1.54) is 46.8 Å². The topological polar surface area (TPSA) is 24.9 Å². The first-order valence-corrected chi connectivity index (χ1v) is 8.32. The van der Waals surface area contributed by atoms with Crippen molar-refractivity contribution in [1.82, 2.24) is 4.98 Å². The van der Waals surface area contributed by atoms with E-state index in [9.17, 15) is 0 Å². The Morgan fingerprint density at radius 1 is 0.913 bits per heavy atom. The molecule has 0 saturated heterocycles. The summed E-state index contributed by atoms with van der Waals surface area (Å²) in [5, 5.41) is 6.49.